The molecule has 172 valence electrons. The zero-order chi connectivity index (χ0) is 22.9. The lowest BCUT2D eigenvalue weighted by Gasteiger charge is -2.20. The van der Waals surface area contributed by atoms with Gasteiger partial charge in [-0.2, -0.15) is 4.31 Å². The molecule has 1 fully saturated rings. The minimum Gasteiger partial charge on any atom is -0.496 e. The summed E-state index contributed by atoms with van der Waals surface area (Å²) in [6, 6.07) is 3.25. The number of ether oxygens (including phenoxy) is 2. The number of nitrogens with one attached hydrogen (secondary N) is 2. The van der Waals surface area contributed by atoms with Gasteiger partial charge in [-0.25, -0.2) is 18.0 Å². The van der Waals surface area contributed by atoms with E-state index in [4.69, 9.17) is 9.47 Å². The van der Waals surface area contributed by atoms with E-state index in [1.165, 1.54) is 29.6 Å². The third kappa shape index (κ3) is 6.93. The smallest absolute Gasteiger partial charge is 0.342 e. The van der Waals surface area contributed by atoms with E-state index in [2.05, 4.69) is 5.32 Å². The molecular weight excluding hydrogens is 426 g/mol. The first-order chi connectivity index (χ1) is 14.8. The number of rotatable bonds is 8. The fourth-order valence-corrected chi connectivity index (χ4v) is 4.64. The lowest BCUT2D eigenvalue weighted by molar-refractivity contribution is -0.123. The van der Waals surface area contributed by atoms with E-state index in [1.807, 2.05) is 12.2 Å². The number of amides is 3. The van der Waals surface area contributed by atoms with Crippen LogP contribution in [0.15, 0.2) is 23.1 Å². The van der Waals surface area contributed by atoms with Crippen LogP contribution in [0, 0.1) is 0 Å². The molecule has 1 aromatic rings. The number of imide groups is 1. The number of hydrogen-bond acceptors (Lipinski definition) is 7. The Morgan fingerprint density at radius 3 is 2.39 bits per heavy atom. The Kier molecular flexibility index (Phi) is 9.25. The molecule has 0 atom stereocenters. The minimum atomic E-state index is -3.78. The molecule has 1 aliphatic rings. The zero-order valence-corrected chi connectivity index (χ0v) is 18.6. The number of hydrogen-bond donors (Lipinski definition) is 2. The van der Waals surface area contributed by atoms with Gasteiger partial charge in [0.05, 0.1) is 12.0 Å². The number of esters is 1. The molecule has 0 saturated carbocycles. The molecular formula is C20H29N3O7S. The zero-order valence-electron chi connectivity index (χ0n) is 17.8. The Labute approximate surface area is 182 Å². The van der Waals surface area contributed by atoms with Crippen molar-refractivity contribution in [3.8, 4) is 5.75 Å². The average Bonchev–Trinajstić information content (AvgIpc) is 3.05. The Morgan fingerprint density at radius 2 is 1.77 bits per heavy atom. The van der Waals surface area contributed by atoms with Crippen LogP contribution in [-0.4, -0.2) is 64.0 Å². The van der Waals surface area contributed by atoms with Crippen molar-refractivity contribution >= 4 is 27.9 Å². The second-order valence-electron chi connectivity index (χ2n) is 7.06. The number of urea groups is 1. The number of carbonyl (C=O) groups is 3. The van der Waals surface area contributed by atoms with Crippen molar-refractivity contribution < 1.29 is 32.3 Å². The van der Waals surface area contributed by atoms with Crippen molar-refractivity contribution in [2.75, 3.05) is 33.4 Å². The molecule has 3 amide bonds. The SMILES string of the molecule is CCCNC(=O)NC(=O)COC(=O)c1cc(S(=O)(=O)N2CCCCCC2)ccc1OC. The van der Waals surface area contributed by atoms with Gasteiger partial charge in [-0.05, 0) is 37.5 Å². The van der Waals surface area contributed by atoms with Gasteiger partial charge in [0, 0.05) is 19.6 Å². The summed E-state index contributed by atoms with van der Waals surface area (Å²) < 4.78 is 37.5. The number of methoxy groups -OCH3 is 1. The topological polar surface area (TPSA) is 131 Å². The highest BCUT2D eigenvalue weighted by Crippen LogP contribution is 2.26. The number of sulfonamides is 1. The maximum Gasteiger partial charge on any atom is 0.342 e. The van der Waals surface area contributed by atoms with Gasteiger partial charge in [0.25, 0.3) is 5.91 Å². The molecule has 1 aliphatic heterocycles. The van der Waals surface area contributed by atoms with E-state index < -0.39 is 34.5 Å². The first kappa shape index (κ1) is 24.6. The first-order valence-electron chi connectivity index (χ1n) is 10.2. The van der Waals surface area contributed by atoms with E-state index in [1.54, 1.807) is 0 Å². The fraction of sp³-hybridized carbons (Fsp3) is 0.550. The van der Waals surface area contributed by atoms with Crippen LogP contribution in [-0.2, 0) is 19.6 Å². The molecule has 0 spiro atoms. The van der Waals surface area contributed by atoms with Gasteiger partial charge in [-0.15, -0.1) is 0 Å². The van der Waals surface area contributed by atoms with Crippen molar-refractivity contribution in [1.82, 2.24) is 14.9 Å². The van der Waals surface area contributed by atoms with Crippen LogP contribution < -0.4 is 15.4 Å². The maximum atomic E-state index is 13.0. The molecule has 11 heteroatoms. The van der Waals surface area contributed by atoms with Gasteiger partial charge >= 0.3 is 12.0 Å². The van der Waals surface area contributed by atoms with Gasteiger partial charge in [0.2, 0.25) is 10.0 Å². The van der Waals surface area contributed by atoms with Crippen LogP contribution in [0.1, 0.15) is 49.4 Å². The second kappa shape index (κ2) is 11.7. The van der Waals surface area contributed by atoms with E-state index in [0.717, 1.165) is 25.7 Å². The second-order valence-corrected chi connectivity index (χ2v) is 9.00. The van der Waals surface area contributed by atoms with E-state index in [-0.39, 0.29) is 16.2 Å². The van der Waals surface area contributed by atoms with Crippen molar-refractivity contribution in [1.29, 1.82) is 0 Å². The standard InChI is InChI=1S/C20H29N3O7S/c1-3-10-21-20(26)22-18(24)14-30-19(25)16-13-15(8-9-17(16)29-2)31(27,28)23-11-6-4-5-7-12-23/h8-9,13H,3-7,10-12,14H2,1-2H3,(H2,21,22,24,26). The highest BCUT2D eigenvalue weighted by atomic mass is 32.2. The van der Waals surface area contributed by atoms with E-state index in [0.29, 0.717) is 26.1 Å². The van der Waals surface area contributed by atoms with Crippen LogP contribution in [0.25, 0.3) is 0 Å². The minimum absolute atomic E-state index is 0.0504. The van der Waals surface area contributed by atoms with E-state index >= 15 is 0 Å². The van der Waals surface area contributed by atoms with Crippen molar-refractivity contribution in [2.24, 2.45) is 0 Å². The summed E-state index contributed by atoms with van der Waals surface area (Å²) in [4.78, 5) is 35.7. The molecule has 1 aromatic carbocycles. The molecule has 31 heavy (non-hydrogen) atoms. The predicted octanol–water partition coefficient (Wildman–Crippen LogP) is 1.65. The Morgan fingerprint density at radius 1 is 1.10 bits per heavy atom. The van der Waals surface area contributed by atoms with Crippen LogP contribution in [0.5, 0.6) is 5.75 Å². The lowest BCUT2D eigenvalue weighted by atomic mass is 10.2. The Bertz CT molecular complexity index is 894. The highest BCUT2D eigenvalue weighted by Gasteiger charge is 2.27. The van der Waals surface area contributed by atoms with Gasteiger partial charge in [-0.3, -0.25) is 10.1 Å². The van der Waals surface area contributed by atoms with Crippen molar-refractivity contribution in [3.63, 3.8) is 0 Å². The summed E-state index contributed by atoms with van der Waals surface area (Å²) in [5.41, 5.74) is -0.123. The summed E-state index contributed by atoms with van der Waals surface area (Å²) in [5, 5.41) is 4.49. The van der Waals surface area contributed by atoms with Gasteiger partial charge < -0.3 is 14.8 Å². The van der Waals surface area contributed by atoms with Crippen LogP contribution in [0.2, 0.25) is 0 Å². The van der Waals surface area contributed by atoms with Crippen LogP contribution in [0.3, 0.4) is 0 Å². The average molecular weight is 456 g/mol. The van der Waals surface area contributed by atoms with Gasteiger partial charge in [-0.1, -0.05) is 19.8 Å². The quantitative estimate of drug-likeness (QED) is 0.570. The number of carbonyl (C=O) groups excluding carboxylic acids is 3. The molecule has 10 nitrogen and oxygen atoms in total. The van der Waals surface area contributed by atoms with Crippen molar-refractivity contribution in [3.05, 3.63) is 23.8 Å². The van der Waals surface area contributed by atoms with Gasteiger partial charge in [0.15, 0.2) is 6.61 Å². The number of benzene rings is 1. The monoisotopic (exact) mass is 455 g/mol. The predicted molar refractivity (Wildman–Crippen MR) is 112 cm³/mol. The fourth-order valence-electron chi connectivity index (χ4n) is 3.09. The first-order valence-corrected chi connectivity index (χ1v) is 11.7. The van der Waals surface area contributed by atoms with E-state index in [9.17, 15) is 22.8 Å². The third-order valence-corrected chi connectivity index (χ3v) is 6.61. The molecule has 0 radical (unpaired) electrons. The molecule has 0 unspecified atom stereocenters. The molecule has 2 N–H and O–H groups in total. The van der Waals surface area contributed by atoms with Crippen LogP contribution in [0.4, 0.5) is 4.79 Å². The highest BCUT2D eigenvalue weighted by molar-refractivity contribution is 7.89. The molecule has 0 aromatic heterocycles. The lowest BCUT2D eigenvalue weighted by Crippen LogP contribution is -2.41. The Hall–Kier alpha value is -2.66. The summed E-state index contributed by atoms with van der Waals surface area (Å²) >= 11 is 0. The molecule has 2 rings (SSSR count). The molecule has 1 saturated heterocycles. The summed E-state index contributed by atoms with van der Waals surface area (Å²) in [6.45, 7) is 2.40. The normalized spacial score (nSPS) is 14.9. The maximum absolute atomic E-state index is 13.0. The molecule has 0 aliphatic carbocycles. The summed E-state index contributed by atoms with van der Waals surface area (Å²) in [6.07, 6.45) is 4.22. The molecule has 1 heterocycles. The summed E-state index contributed by atoms with van der Waals surface area (Å²) in [5.74, 6) is -1.64. The third-order valence-electron chi connectivity index (χ3n) is 4.72. The number of nitrogens with zero attached hydrogens (tertiary/aromatic N) is 1. The molecule has 0 bridgehead atoms. The van der Waals surface area contributed by atoms with Crippen molar-refractivity contribution in [2.45, 2.75) is 43.9 Å². The summed E-state index contributed by atoms with van der Waals surface area (Å²) in [7, 11) is -2.45. The van der Waals surface area contributed by atoms with Crippen LogP contribution >= 0.6 is 0 Å². The Balaban J connectivity index is 2.11. The largest absolute Gasteiger partial charge is 0.496 e. The van der Waals surface area contributed by atoms with Gasteiger partial charge in [0.1, 0.15) is 11.3 Å².